The quantitative estimate of drug-likeness (QED) is 0.472. The van der Waals surface area contributed by atoms with Crippen LogP contribution >= 0.6 is 0 Å². The number of hydrogen-bond donors (Lipinski definition) is 0. The summed E-state index contributed by atoms with van der Waals surface area (Å²) in [4.78, 5) is 0. The Bertz CT molecular complexity index is 276. The van der Waals surface area contributed by atoms with E-state index in [0.717, 1.165) is 31.0 Å². The van der Waals surface area contributed by atoms with Crippen molar-refractivity contribution < 1.29 is 9.47 Å². The Hall–Kier alpha value is -1.44. The highest BCUT2D eigenvalue weighted by atomic mass is 16.5. The molecule has 0 aromatic rings. The van der Waals surface area contributed by atoms with E-state index in [0.29, 0.717) is 6.61 Å². The first-order valence-corrected chi connectivity index (χ1v) is 10.1. The molecule has 1 aliphatic rings. The van der Waals surface area contributed by atoms with Crippen LogP contribution in [0.15, 0.2) is 49.0 Å². The van der Waals surface area contributed by atoms with E-state index < -0.39 is 0 Å². The van der Waals surface area contributed by atoms with Crippen LogP contribution in [0.1, 0.15) is 88.5 Å². The maximum atomic E-state index is 5.44. The summed E-state index contributed by atoms with van der Waals surface area (Å²) in [5, 5.41) is 0. The zero-order valence-electron chi connectivity index (χ0n) is 19.1. The van der Waals surface area contributed by atoms with Gasteiger partial charge < -0.3 is 9.47 Å². The Morgan fingerprint density at radius 3 is 1.48 bits per heavy atom. The van der Waals surface area contributed by atoms with Gasteiger partial charge >= 0.3 is 0 Å². The third kappa shape index (κ3) is 34.8. The van der Waals surface area contributed by atoms with Gasteiger partial charge in [-0.2, -0.15) is 0 Å². The van der Waals surface area contributed by atoms with Crippen LogP contribution in [0.2, 0.25) is 0 Å². The highest BCUT2D eigenvalue weighted by Gasteiger charge is 2.07. The van der Waals surface area contributed by atoms with Crippen molar-refractivity contribution in [2.45, 2.75) is 88.5 Å². The van der Waals surface area contributed by atoms with Crippen molar-refractivity contribution in [3.05, 3.63) is 49.0 Å². The van der Waals surface area contributed by atoms with E-state index in [-0.39, 0.29) is 0 Å². The van der Waals surface area contributed by atoms with Crippen molar-refractivity contribution in [2.75, 3.05) is 13.2 Å². The van der Waals surface area contributed by atoms with Crippen LogP contribution in [0.4, 0.5) is 0 Å². The smallest absolute Gasteiger partial charge is 0.160 e. The van der Waals surface area contributed by atoms with Crippen molar-refractivity contribution in [1.29, 1.82) is 0 Å². The van der Waals surface area contributed by atoms with Gasteiger partial charge in [0.2, 0.25) is 0 Å². The number of hydrogen-bond acceptors (Lipinski definition) is 2. The monoisotopic (exact) mass is 356 g/mol. The normalized spacial score (nSPS) is 11.3. The Balaban J connectivity index is -0.0000000858. The summed E-state index contributed by atoms with van der Waals surface area (Å²) in [7, 11) is 0. The number of rotatable bonds is 3. The van der Waals surface area contributed by atoms with Crippen LogP contribution in [0.5, 0.6) is 0 Å². The zero-order valence-corrected chi connectivity index (χ0v) is 19.1. The summed E-state index contributed by atoms with van der Waals surface area (Å²) < 4.78 is 10.8. The molecular weight excluding hydrogens is 308 g/mol. The molecule has 0 amide bonds. The summed E-state index contributed by atoms with van der Waals surface area (Å²) in [5.41, 5.74) is 0. The van der Waals surface area contributed by atoms with Gasteiger partial charge in [-0.1, -0.05) is 87.5 Å². The lowest BCUT2D eigenvalue weighted by atomic mass is 10.3. The summed E-state index contributed by atoms with van der Waals surface area (Å²) in [5.74, 6) is 1.52. The summed E-state index contributed by atoms with van der Waals surface area (Å²) in [6.45, 7) is 28.8. The van der Waals surface area contributed by atoms with Crippen LogP contribution in [0.25, 0.3) is 0 Å². The van der Waals surface area contributed by atoms with Crippen molar-refractivity contribution in [1.82, 2.24) is 0 Å². The molecule has 0 bridgehead atoms. The van der Waals surface area contributed by atoms with Gasteiger partial charge in [-0.15, -0.1) is 6.58 Å². The molecule has 0 radical (unpaired) electrons. The number of allylic oxidation sites excluding steroid dienone is 4. The van der Waals surface area contributed by atoms with E-state index >= 15 is 0 Å². The molecule has 1 heterocycles. The molecule has 2 nitrogen and oxygen atoms in total. The molecule has 0 aliphatic carbocycles. The molecule has 0 saturated heterocycles. The maximum absolute atomic E-state index is 5.44. The van der Waals surface area contributed by atoms with Gasteiger partial charge in [-0.3, -0.25) is 0 Å². The summed E-state index contributed by atoms with van der Waals surface area (Å²) >= 11 is 0. The van der Waals surface area contributed by atoms with Crippen molar-refractivity contribution in [2.24, 2.45) is 0 Å². The lowest BCUT2D eigenvalue weighted by Crippen LogP contribution is -1.91. The number of ether oxygens (including phenoxy) is 2. The second-order valence-electron chi connectivity index (χ2n) is 3.89. The second kappa shape index (κ2) is 43.3. The molecule has 0 fully saturated rings. The van der Waals surface area contributed by atoms with Gasteiger partial charge in [0.05, 0.1) is 13.2 Å². The average molecular weight is 357 g/mol. The Kier molecular flexibility index (Phi) is 60.3. The third-order valence-corrected chi connectivity index (χ3v) is 1.84. The topological polar surface area (TPSA) is 18.5 Å². The molecule has 0 unspecified atom stereocenters. The minimum absolute atomic E-state index is 0.711. The fraction of sp³-hybridized carbons (Fsp3) is 0.652. The molecule has 0 N–H and O–H groups in total. The fourth-order valence-corrected chi connectivity index (χ4v) is 1.01. The Morgan fingerprint density at radius 2 is 1.20 bits per heavy atom. The molecule has 1 rings (SSSR count). The predicted octanol–water partition coefficient (Wildman–Crippen LogP) is 8.47. The standard InChI is InChI=1S/C10H14O2.C4H8.C3H8.3C2H6/c1-3-6-10-9(4-2)11-7-5-8-12-10;1-3-4-2;1-3-2;3*1-2/h3-4,6H,2,5,7-8H2,1H3;3H,1,4H2,2H3;3H2,1-2H3;3*1-2H3/b6-3-;;;;;. The molecule has 0 spiro atoms. The minimum atomic E-state index is 0.711. The fourth-order valence-electron chi connectivity index (χ4n) is 1.01. The van der Waals surface area contributed by atoms with Gasteiger partial charge in [0.25, 0.3) is 0 Å². The van der Waals surface area contributed by atoms with E-state index in [2.05, 4.69) is 33.9 Å². The Morgan fingerprint density at radius 1 is 0.840 bits per heavy atom. The molecule has 0 aromatic heterocycles. The van der Waals surface area contributed by atoms with Crippen LogP contribution in [0.3, 0.4) is 0 Å². The van der Waals surface area contributed by atoms with E-state index in [9.17, 15) is 0 Å². The largest absolute Gasteiger partial charge is 0.490 e. The van der Waals surface area contributed by atoms with Crippen LogP contribution < -0.4 is 0 Å². The van der Waals surface area contributed by atoms with Gasteiger partial charge in [0.1, 0.15) is 0 Å². The zero-order chi connectivity index (χ0) is 20.9. The van der Waals surface area contributed by atoms with E-state index in [1.54, 1.807) is 6.08 Å². The van der Waals surface area contributed by atoms with E-state index in [1.807, 2.05) is 66.7 Å². The molecule has 0 aromatic carbocycles. The van der Waals surface area contributed by atoms with Crippen molar-refractivity contribution in [3.63, 3.8) is 0 Å². The maximum Gasteiger partial charge on any atom is 0.160 e. The van der Waals surface area contributed by atoms with Crippen LogP contribution in [-0.2, 0) is 9.47 Å². The van der Waals surface area contributed by atoms with Gasteiger partial charge in [0.15, 0.2) is 11.5 Å². The van der Waals surface area contributed by atoms with E-state index in [1.165, 1.54) is 6.42 Å². The van der Waals surface area contributed by atoms with Gasteiger partial charge in [-0.25, -0.2) is 0 Å². The first-order valence-electron chi connectivity index (χ1n) is 10.1. The minimum Gasteiger partial charge on any atom is -0.490 e. The summed E-state index contributed by atoms with van der Waals surface area (Å²) in [6.07, 6.45) is 10.6. The molecule has 0 saturated carbocycles. The first-order chi connectivity index (χ1) is 12.2. The molecule has 25 heavy (non-hydrogen) atoms. The highest BCUT2D eigenvalue weighted by Crippen LogP contribution is 2.15. The predicted molar refractivity (Wildman–Crippen MR) is 119 cm³/mol. The van der Waals surface area contributed by atoms with Gasteiger partial charge in [0, 0.05) is 6.42 Å². The molecule has 0 atom stereocenters. The van der Waals surface area contributed by atoms with Gasteiger partial charge in [-0.05, 0) is 25.5 Å². The second-order valence-corrected chi connectivity index (χ2v) is 3.89. The molecular formula is C23H48O2. The molecule has 152 valence electrons. The lowest BCUT2D eigenvalue weighted by molar-refractivity contribution is 0.214. The summed E-state index contributed by atoms with van der Waals surface area (Å²) in [6, 6.07) is 0. The van der Waals surface area contributed by atoms with E-state index in [4.69, 9.17) is 9.47 Å². The first kappa shape index (κ1) is 34.8. The lowest BCUT2D eigenvalue weighted by Gasteiger charge is -2.04. The SMILES string of the molecule is C=CC1=C(/C=C\C)OCCCO1.C=CCC.CC.CC.CC.CCC. The van der Waals surface area contributed by atoms with Crippen molar-refractivity contribution >= 4 is 0 Å². The average Bonchev–Trinajstić information content (AvgIpc) is 2.93. The Labute approximate surface area is 160 Å². The molecule has 2 heteroatoms. The third-order valence-electron chi connectivity index (χ3n) is 1.84. The molecule has 1 aliphatic heterocycles. The van der Waals surface area contributed by atoms with Crippen LogP contribution in [0, 0.1) is 0 Å². The van der Waals surface area contributed by atoms with Crippen molar-refractivity contribution in [3.8, 4) is 0 Å². The highest BCUT2D eigenvalue weighted by molar-refractivity contribution is 5.23. The van der Waals surface area contributed by atoms with Crippen LogP contribution in [-0.4, -0.2) is 13.2 Å².